The second kappa shape index (κ2) is 7.55. The summed E-state index contributed by atoms with van der Waals surface area (Å²) in [5.41, 5.74) is 7.29. The third kappa shape index (κ3) is 3.63. The Morgan fingerprint density at radius 1 is 0.964 bits per heavy atom. The van der Waals surface area contributed by atoms with Gasteiger partial charge in [0, 0.05) is 26.2 Å². The van der Waals surface area contributed by atoms with Crippen molar-refractivity contribution in [2.45, 2.75) is 34.1 Å². The van der Waals surface area contributed by atoms with Crippen LogP contribution in [0.5, 0.6) is 0 Å². The zero-order valence-corrected chi connectivity index (χ0v) is 17.9. The number of hydrogen-bond acceptors (Lipinski definition) is 4. The van der Waals surface area contributed by atoms with Crippen LogP contribution in [0.3, 0.4) is 0 Å². The van der Waals surface area contributed by atoms with Crippen LogP contribution >= 0.6 is 11.3 Å². The molecule has 0 aliphatic carbocycles. The lowest BCUT2D eigenvalue weighted by Crippen LogP contribution is -2.49. The van der Waals surface area contributed by atoms with Gasteiger partial charge in [-0.2, -0.15) is 0 Å². The summed E-state index contributed by atoms with van der Waals surface area (Å²) in [6.45, 7) is 11.7. The molecule has 1 amide bonds. The van der Waals surface area contributed by atoms with Crippen LogP contribution in [-0.4, -0.2) is 42.0 Å². The van der Waals surface area contributed by atoms with Crippen LogP contribution in [0.1, 0.15) is 27.8 Å². The number of piperazine rings is 1. The number of thiazole rings is 1. The molecule has 2 heterocycles. The summed E-state index contributed by atoms with van der Waals surface area (Å²) in [7, 11) is 0. The van der Waals surface area contributed by atoms with Crippen LogP contribution < -0.4 is 4.90 Å². The third-order valence-corrected chi connectivity index (χ3v) is 6.98. The van der Waals surface area contributed by atoms with Gasteiger partial charge in [-0.05, 0) is 61.6 Å². The molecule has 0 spiro atoms. The van der Waals surface area contributed by atoms with Gasteiger partial charge in [0.15, 0.2) is 5.13 Å². The Labute approximate surface area is 170 Å². The molecule has 0 N–H and O–H groups in total. The van der Waals surface area contributed by atoms with Crippen molar-refractivity contribution in [3.05, 3.63) is 58.1 Å². The molecule has 146 valence electrons. The van der Waals surface area contributed by atoms with Gasteiger partial charge in [0.25, 0.3) is 0 Å². The number of carbonyl (C=O) groups is 1. The van der Waals surface area contributed by atoms with Crippen LogP contribution in [0.25, 0.3) is 10.2 Å². The fourth-order valence-corrected chi connectivity index (χ4v) is 4.77. The molecule has 0 atom stereocenters. The lowest BCUT2D eigenvalue weighted by molar-refractivity contribution is -0.130. The van der Waals surface area contributed by atoms with Crippen LogP contribution in [0.2, 0.25) is 0 Å². The van der Waals surface area contributed by atoms with E-state index in [2.05, 4.69) is 62.9 Å². The molecule has 1 aliphatic heterocycles. The number of aromatic nitrogens is 1. The van der Waals surface area contributed by atoms with Crippen molar-refractivity contribution in [3.63, 3.8) is 0 Å². The highest BCUT2D eigenvalue weighted by Gasteiger charge is 2.23. The van der Waals surface area contributed by atoms with Gasteiger partial charge in [0.05, 0.1) is 16.6 Å². The first-order valence-electron chi connectivity index (χ1n) is 9.88. The molecule has 1 fully saturated rings. The van der Waals surface area contributed by atoms with Gasteiger partial charge in [0.1, 0.15) is 0 Å². The standard InChI is InChI=1S/C23H27N3OS/c1-15-5-7-19(13-17(15)3)14-21(27)25-9-11-26(12-10-25)23-24-22-18(4)16(2)6-8-20(22)28-23/h5-8,13H,9-12,14H2,1-4H3. The molecule has 1 saturated heterocycles. The Morgan fingerprint density at radius 2 is 1.68 bits per heavy atom. The van der Waals surface area contributed by atoms with E-state index in [1.807, 2.05) is 4.90 Å². The van der Waals surface area contributed by atoms with Crippen LogP contribution in [0.15, 0.2) is 30.3 Å². The number of benzene rings is 2. The number of nitrogens with zero attached hydrogens (tertiary/aromatic N) is 3. The maximum Gasteiger partial charge on any atom is 0.227 e. The predicted molar refractivity (Wildman–Crippen MR) is 118 cm³/mol. The molecule has 0 bridgehead atoms. The molecule has 1 aromatic heterocycles. The molecule has 0 saturated carbocycles. The largest absolute Gasteiger partial charge is 0.345 e. The molecule has 4 rings (SSSR count). The molecule has 4 nitrogen and oxygen atoms in total. The zero-order valence-electron chi connectivity index (χ0n) is 17.1. The summed E-state index contributed by atoms with van der Waals surface area (Å²) in [6.07, 6.45) is 0.487. The highest BCUT2D eigenvalue weighted by Crippen LogP contribution is 2.32. The van der Waals surface area contributed by atoms with Crippen molar-refractivity contribution in [1.82, 2.24) is 9.88 Å². The average molecular weight is 394 g/mol. The predicted octanol–water partition coefficient (Wildman–Crippen LogP) is 4.42. The molecular weight excluding hydrogens is 366 g/mol. The van der Waals surface area contributed by atoms with E-state index in [-0.39, 0.29) is 5.91 Å². The third-order valence-electron chi connectivity index (χ3n) is 5.90. The second-order valence-corrected chi connectivity index (χ2v) is 8.82. The highest BCUT2D eigenvalue weighted by atomic mass is 32.1. The van der Waals surface area contributed by atoms with Crippen molar-refractivity contribution in [3.8, 4) is 0 Å². The van der Waals surface area contributed by atoms with Gasteiger partial charge in [-0.25, -0.2) is 4.98 Å². The Kier molecular flexibility index (Phi) is 5.11. The van der Waals surface area contributed by atoms with Gasteiger partial charge in [0.2, 0.25) is 5.91 Å². The summed E-state index contributed by atoms with van der Waals surface area (Å²) in [4.78, 5) is 21.9. The van der Waals surface area contributed by atoms with Crippen molar-refractivity contribution < 1.29 is 4.79 Å². The lowest BCUT2D eigenvalue weighted by Gasteiger charge is -2.34. The maximum absolute atomic E-state index is 12.7. The molecule has 1 aliphatic rings. The minimum absolute atomic E-state index is 0.221. The van der Waals surface area contributed by atoms with Crippen LogP contribution in [0, 0.1) is 27.7 Å². The van der Waals surface area contributed by atoms with Gasteiger partial charge in [-0.15, -0.1) is 0 Å². The summed E-state index contributed by atoms with van der Waals surface area (Å²) in [5.74, 6) is 0.221. The molecule has 3 aromatic rings. The maximum atomic E-state index is 12.7. The number of hydrogen-bond donors (Lipinski definition) is 0. The van der Waals surface area contributed by atoms with E-state index >= 15 is 0 Å². The monoisotopic (exact) mass is 393 g/mol. The van der Waals surface area contributed by atoms with E-state index < -0.39 is 0 Å². The van der Waals surface area contributed by atoms with Crippen LogP contribution in [-0.2, 0) is 11.2 Å². The Hall–Kier alpha value is -2.40. The topological polar surface area (TPSA) is 36.4 Å². The number of amides is 1. The number of rotatable bonds is 3. The summed E-state index contributed by atoms with van der Waals surface area (Å²) in [6, 6.07) is 10.6. The normalized spacial score (nSPS) is 14.7. The average Bonchev–Trinajstić information content (AvgIpc) is 3.13. The van der Waals surface area contributed by atoms with E-state index in [0.29, 0.717) is 6.42 Å². The fraction of sp³-hybridized carbons (Fsp3) is 0.391. The van der Waals surface area contributed by atoms with Crippen molar-refractivity contribution in [2.24, 2.45) is 0 Å². The molecule has 5 heteroatoms. The highest BCUT2D eigenvalue weighted by molar-refractivity contribution is 7.22. The van der Waals surface area contributed by atoms with E-state index in [0.717, 1.165) is 42.4 Å². The SMILES string of the molecule is Cc1ccc(CC(=O)N2CCN(c3nc4c(C)c(C)ccc4s3)CC2)cc1C. The summed E-state index contributed by atoms with van der Waals surface area (Å²) < 4.78 is 1.24. The van der Waals surface area contributed by atoms with Gasteiger partial charge < -0.3 is 9.80 Å². The van der Waals surface area contributed by atoms with Gasteiger partial charge in [-0.3, -0.25) is 4.79 Å². The van der Waals surface area contributed by atoms with Crippen molar-refractivity contribution >= 4 is 32.6 Å². The van der Waals surface area contributed by atoms with Crippen LogP contribution in [0.4, 0.5) is 5.13 Å². The minimum Gasteiger partial charge on any atom is -0.345 e. The van der Waals surface area contributed by atoms with E-state index in [4.69, 9.17) is 4.98 Å². The minimum atomic E-state index is 0.221. The summed E-state index contributed by atoms with van der Waals surface area (Å²) >= 11 is 1.75. The Balaban J connectivity index is 1.41. The smallest absolute Gasteiger partial charge is 0.227 e. The number of fused-ring (bicyclic) bond motifs is 1. The fourth-order valence-electron chi connectivity index (χ4n) is 3.70. The number of carbonyl (C=O) groups excluding carboxylic acids is 1. The van der Waals surface area contributed by atoms with Crippen molar-refractivity contribution in [1.29, 1.82) is 0 Å². The van der Waals surface area contributed by atoms with E-state index in [1.165, 1.54) is 27.0 Å². The van der Waals surface area contributed by atoms with Gasteiger partial charge in [-0.1, -0.05) is 35.6 Å². The number of anilines is 1. The Morgan fingerprint density at radius 3 is 2.39 bits per heavy atom. The van der Waals surface area contributed by atoms with Gasteiger partial charge >= 0.3 is 0 Å². The summed E-state index contributed by atoms with van der Waals surface area (Å²) in [5, 5.41) is 1.07. The van der Waals surface area contributed by atoms with Crippen molar-refractivity contribution in [2.75, 3.05) is 31.1 Å². The van der Waals surface area contributed by atoms with E-state index in [9.17, 15) is 4.79 Å². The number of aryl methyl sites for hydroxylation is 4. The van der Waals surface area contributed by atoms with E-state index in [1.54, 1.807) is 11.3 Å². The molecule has 28 heavy (non-hydrogen) atoms. The first-order valence-corrected chi connectivity index (χ1v) is 10.7. The molecule has 0 unspecified atom stereocenters. The Bertz CT molecular complexity index is 1030. The molecular formula is C23H27N3OS. The molecule has 2 aromatic carbocycles. The quantitative estimate of drug-likeness (QED) is 0.661. The molecule has 0 radical (unpaired) electrons. The zero-order chi connectivity index (χ0) is 19.8. The second-order valence-electron chi connectivity index (χ2n) is 7.81. The first kappa shape index (κ1) is 18.9. The first-order chi connectivity index (χ1) is 13.4. The lowest BCUT2D eigenvalue weighted by atomic mass is 10.0.